The van der Waals surface area contributed by atoms with E-state index in [0.29, 0.717) is 12.8 Å². The van der Waals surface area contributed by atoms with Gasteiger partial charge >= 0.3 is 5.69 Å². The molecule has 0 aliphatic carbocycles. The molecule has 0 amide bonds. The van der Waals surface area contributed by atoms with Gasteiger partial charge in [0.25, 0.3) is 0 Å². The van der Waals surface area contributed by atoms with E-state index in [1.807, 2.05) is 0 Å². The number of nitrogens with zero attached hydrogens (tertiary/aromatic N) is 2. The van der Waals surface area contributed by atoms with Gasteiger partial charge in [0.1, 0.15) is 6.23 Å². The van der Waals surface area contributed by atoms with Crippen LogP contribution in [0.25, 0.3) is 0 Å². The molecule has 1 saturated heterocycles. The van der Waals surface area contributed by atoms with E-state index in [1.165, 1.54) is 7.11 Å². The molecule has 2 N–H and O–H groups in total. The SMILES string of the molecule is CO[C@H]1CC[C@@H](n2cc(F)c(N)nc2=O)O1. The Morgan fingerprint density at radius 1 is 1.69 bits per heavy atom. The Kier molecular flexibility index (Phi) is 2.88. The number of rotatable bonds is 2. The predicted octanol–water partition coefficient (Wildman–Crippen LogP) is 0.246. The van der Waals surface area contributed by atoms with Gasteiger partial charge in [-0.15, -0.1) is 0 Å². The topological polar surface area (TPSA) is 79.4 Å². The number of ether oxygens (including phenoxy) is 2. The molecule has 0 saturated carbocycles. The summed E-state index contributed by atoms with van der Waals surface area (Å²) in [5, 5.41) is 0. The molecule has 16 heavy (non-hydrogen) atoms. The van der Waals surface area contributed by atoms with Crippen LogP contribution in [0.15, 0.2) is 11.0 Å². The van der Waals surface area contributed by atoms with Crippen LogP contribution in [0.2, 0.25) is 0 Å². The van der Waals surface area contributed by atoms with Crippen molar-refractivity contribution in [3.05, 3.63) is 22.5 Å². The normalized spacial score (nSPS) is 24.9. The second-order valence-electron chi connectivity index (χ2n) is 3.50. The van der Waals surface area contributed by atoms with Crippen molar-refractivity contribution in [2.75, 3.05) is 12.8 Å². The molecular weight excluding hydrogens is 217 g/mol. The molecule has 1 fully saturated rings. The highest BCUT2D eigenvalue weighted by Crippen LogP contribution is 2.27. The predicted molar refractivity (Wildman–Crippen MR) is 53.0 cm³/mol. The van der Waals surface area contributed by atoms with E-state index in [2.05, 4.69) is 4.98 Å². The fourth-order valence-electron chi connectivity index (χ4n) is 1.63. The van der Waals surface area contributed by atoms with Crippen LogP contribution >= 0.6 is 0 Å². The van der Waals surface area contributed by atoms with E-state index < -0.39 is 23.6 Å². The molecule has 0 radical (unpaired) electrons. The summed E-state index contributed by atoms with van der Waals surface area (Å²) in [6.45, 7) is 0. The minimum Gasteiger partial charge on any atom is -0.381 e. The summed E-state index contributed by atoms with van der Waals surface area (Å²) in [5.74, 6) is -1.13. The van der Waals surface area contributed by atoms with Crippen molar-refractivity contribution in [2.45, 2.75) is 25.4 Å². The molecule has 1 aromatic rings. The summed E-state index contributed by atoms with van der Waals surface area (Å²) < 4.78 is 24.6. The van der Waals surface area contributed by atoms with E-state index in [4.69, 9.17) is 15.2 Å². The van der Waals surface area contributed by atoms with Crippen LogP contribution in [-0.2, 0) is 9.47 Å². The molecule has 6 nitrogen and oxygen atoms in total. The Labute approximate surface area is 90.8 Å². The quantitative estimate of drug-likeness (QED) is 0.786. The van der Waals surface area contributed by atoms with Gasteiger partial charge in [-0.3, -0.25) is 4.57 Å². The zero-order valence-corrected chi connectivity index (χ0v) is 8.72. The molecule has 1 aromatic heterocycles. The van der Waals surface area contributed by atoms with Crippen molar-refractivity contribution in [3.8, 4) is 0 Å². The second-order valence-corrected chi connectivity index (χ2v) is 3.50. The van der Waals surface area contributed by atoms with Gasteiger partial charge in [-0.2, -0.15) is 4.98 Å². The maximum atomic E-state index is 13.2. The summed E-state index contributed by atoms with van der Waals surface area (Å²) in [4.78, 5) is 14.8. The van der Waals surface area contributed by atoms with Gasteiger partial charge < -0.3 is 15.2 Å². The van der Waals surface area contributed by atoms with Crippen LogP contribution in [0.1, 0.15) is 19.1 Å². The first-order chi connectivity index (χ1) is 7.61. The van der Waals surface area contributed by atoms with Crippen molar-refractivity contribution in [2.24, 2.45) is 0 Å². The third-order valence-electron chi connectivity index (χ3n) is 2.47. The summed E-state index contributed by atoms with van der Waals surface area (Å²) >= 11 is 0. The van der Waals surface area contributed by atoms with Crippen molar-refractivity contribution in [3.63, 3.8) is 0 Å². The van der Waals surface area contributed by atoms with Gasteiger partial charge in [-0.1, -0.05) is 0 Å². The zero-order chi connectivity index (χ0) is 11.7. The van der Waals surface area contributed by atoms with Gasteiger partial charge in [0.15, 0.2) is 17.9 Å². The lowest BCUT2D eigenvalue weighted by atomic mass is 10.3. The van der Waals surface area contributed by atoms with Crippen molar-refractivity contribution in [1.82, 2.24) is 9.55 Å². The number of aromatic nitrogens is 2. The monoisotopic (exact) mass is 229 g/mol. The number of hydrogen-bond donors (Lipinski definition) is 1. The van der Waals surface area contributed by atoms with Crippen molar-refractivity contribution >= 4 is 5.82 Å². The Bertz CT molecular complexity index is 448. The van der Waals surface area contributed by atoms with E-state index in [9.17, 15) is 9.18 Å². The highest BCUT2D eigenvalue weighted by atomic mass is 19.1. The average Bonchev–Trinajstić information content (AvgIpc) is 2.71. The summed E-state index contributed by atoms with van der Waals surface area (Å²) in [6, 6.07) is 0. The highest BCUT2D eigenvalue weighted by Gasteiger charge is 2.27. The van der Waals surface area contributed by atoms with E-state index in [-0.39, 0.29) is 6.29 Å². The lowest BCUT2D eigenvalue weighted by Crippen LogP contribution is -2.28. The third kappa shape index (κ3) is 1.91. The Morgan fingerprint density at radius 2 is 2.44 bits per heavy atom. The van der Waals surface area contributed by atoms with Gasteiger partial charge in [0.05, 0.1) is 6.20 Å². The molecule has 7 heteroatoms. The molecule has 0 aromatic carbocycles. The molecule has 0 unspecified atom stereocenters. The summed E-state index contributed by atoms with van der Waals surface area (Å²) in [7, 11) is 1.51. The van der Waals surface area contributed by atoms with E-state index in [0.717, 1.165) is 10.8 Å². The molecule has 88 valence electrons. The van der Waals surface area contributed by atoms with E-state index >= 15 is 0 Å². The Hall–Kier alpha value is -1.47. The first kappa shape index (κ1) is 11.0. The van der Waals surface area contributed by atoms with Crippen LogP contribution in [0.3, 0.4) is 0 Å². The van der Waals surface area contributed by atoms with Gasteiger partial charge in [-0.05, 0) is 6.42 Å². The molecule has 2 heterocycles. The fourth-order valence-corrected chi connectivity index (χ4v) is 1.63. The third-order valence-corrected chi connectivity index (χ3v) is 2.47. The number of anilines is 1. The number of nitrogens with two attached hydrogens (primary N) is 1. The van der Waals surface area contributed by atoms with Gasteiger partial charge in [-0.25, -0.2) is 9.18 Å². The standard InChI is InChI=1S/C9H12FN3O3/c1-15-7-3-2-6(16-7)13-4-5(10)8(11)12-9(13)14/h4,6-7H,2-3H2,1H3,(H2,11,12,14)/t6-,7+/m0/s1. The number of halogens is 1. The van der Waals surface area contributed by atoms with Crippen molar-refractivity contribution in [1.29, 1.82) is 0 Å². The zero-order valence-electron chi connectivity index (χ0n) is 8.72. The first-order valence-electron chi connectivity index (χ1n) is 4.84. The first-order valence-corrected chi connectivity index (χ1v) is 4.84. The van der Waals surface area contributed by atoms with Crippen LogP contribution in [-0.4, -0.2) is 23.0 Å². The lowest BCUT2D eigenvalue weighted by Gasteiger charge is -2.14. The maximum absolute atomic E-state index is 13.2. The second kappa shape index (κ2) is 4.18. The smallest absolute Gasteiger partial charge is 0.351 e. The minimum atomic E-state index is -0.732. The average molecular weight is 229 g/mol. The molecule has 2 rings (SSSR count). The fraction of sp³-hybridized carbons (Fsp3) is 0.556. The van der Waals surface area contributed by atoms with E-state index in [1.54, 1.807) is 0 Å². The number of nitrogen functional groups attached to an aromatic ring is 1. The molecule has 1 aliphatic heterocycles. The highest BCUT2D eigenvalue weighted by molar-refractivity contribution is 5.26. The largest absolute Gasteiger partial charge is 0.381 e. The van der Waals surface area contributed by atoms with Crippen LogP contribution in [0.4, 0.5) is 10.2 Å². The van der Waals surface area contributed by atoms with Crippen LogP contribution in [0.5, 0.6) is 0 Å². The number of methoxy groups -OCH3 is 1. The van der Waals surface area contributed by atoms with Crippen LogP contribution < -0.4 is 11.4 Å². The molecule has 2 atom stereocenters. The minimum absolute atomic E-state index is 0.363. The summed E-state index contributed by atoms with van der Waals surface area (Å²) in [5.41, 5.74) is 4.55. The molecule has 1 aliphatic rings. The van der Waals surface area contributed by atoms with Gasteiger partial charge in [0, 0.05) is 13.5 Å². The van der Waals surface area contributed by atoms with Gasteiger partial charge in [0.2, 0.25) is 0 Å². The molecule has 0 bridgehead atoms. The van der Waals surface area contributed by atoms with Crippen LogP contribution in [0, 0.1) is 5.82 Å². The Morgan fingerprint density at radius 3 is 3.06 bits per heavy atom. The number of hydrogen-bond acceptors (Lipinski definition) is 5. The van der Waals surface area contributed by atoms with Crippen molar-refractivity contribution < 1.29 is 13.9 Å². The lowest BCUT2D eigenvalue weighted by molar-refractivity contribution is -0.134. The molecular formula is C9H12FN3O3. The Balaban J connectivity index is 2.28. The summed E-state index contributed by atoms with van der Waals surface area (Å²) in [6.07, 6.45) is 1.33. The molecule has 0 spiro atoms. The maximum Gasteiger partial charge on any atom is 0.351 e.